The summed E-state index contributed by atoms with van der Waals surface area (Å²) in [6.07, 6.45) is 3.91. The van der Waals surface area contributed by atoms with E-state index in [2.05, 4.69) is 27.4 Å². The van der Waals surface area contributed by atoms with Crippen LogP contribution in [-0.4, -0.2) is 12.7 Å². The first-order valence-corrected chi connectivity index (χ1v) is 6.69. The van der Waals surface area contributed by atoms with Crippen molar-refractivity contribution in [1.29, 1.82) is 0 Å². The van der Waals surface area contributed by atoms with Crippen molar-refractivity contribution in [3.63, 3.8) is 0 Å². The van der Waals surface area contributed by atoms with E-state index < -0.39 is 0 Å². The average Bonchev–Trinajstić information content (AvgIpc) is 2.68. The summed E-state index contributed by atoms with van der Waals surface area (Å²) in [5.74, 6) is 2.95. The number of ether oxygens (including phenoxy) is 1. The van der Waals surface area contributed by atoms with Gasteiger partial charge in [0.2, 0.25) is 0 Å². The van der Waals surface area contributed by atoms with Gasteiger partial charge in [-0.25, -0.2) is 0 Å². The molecule has 3 aliphatic carbocycles. The van der Waals surface area contributed by atoms with Crippen molar-refractivity contribution in [3.8, 4) is 0 Å². The Kier molecular flexibility index (Phi) is 1.98. The molecular formula is C15H24O. The monoisotopic (exact) mass is 220 g/mol. The number of hydrogen-bond acceptors (Lipinski definition) is 1. The minimum Gasteiger partial charge on any atom is -0.377 e. The molecule has 3 fully saturated rings. The molecule has 1 nitrogen and oxygen atoms in total. The summed E-state index contributed by atoms with van der Waals surface area (Å²) in [4.78, 5) is 0. The minimum absolute atomic E-state index is 0.142. The van der Waals surface area contributed by atoms with Crippen LogP contribution in [0.3, 0.4) is 0 Å². The van der Waals surface area contributed by atoms with Crippen molar-refractivity contribution in [2.45, 2.75) is 45.6 Å². The van der Waals surface area contributed by atoms with Crippen LogP contribution >= 0.6 is 0 Å². The summed E-state index contributed by atoms with van der Waals surface area (Å²) in [5.41, 5.74) is 2.09. The van der Waals surface area contributed by atoms with Crippen LogP contribution in [0, 0.1) is 29.1 Å². The predicted octanol–water partition coefficient (Wildman–Crippen LogP) is 3.65. The first-order chi connectivity index (χ1) is 7.45. The summed E-state index contributed by atoms with van der Waals surface area (Å²) in [6, 6.07) is 0. The molecule has 0 aromatic heterocycles. The molecule has 0 amide bonds. The quantitative estimate of drug-likeness (QED) is 0.613. The summed E-state index contributed by atoms with van der Waals surface area (Å²) in [6.45, 7) is 11.6. The fourth-order valence-corrected chi connectivity index (χ4v) is 5.14. The van der Waals surface area contributed by atoms with E-state index in [-0.39, 0.29) is 5.60 Å². The second-order valence-electron chi connectivity index (χ2n) is 6.95. The van der Waals surface area contributed by atoms with Gasteiger partial charge in [0, 0.05) is 18.9 Å². The highest BCUT2D eigenvalue weighted by molar-refractivity contribution is 5.38. The van der Waals surface area contributed by atoms with Gasteiger partial charge in [-0.05, 0) is 36.5 Å². The summed E-state index contributed by atoms with van der Waals surface area (Å²) in [5, 5.41) is 0. The third-order valence-corrected chi connectivity index (χ3v) is 5.79. The van der Waals surface area contributed by atoms with Gasteiger partial charge < -0.3 is 4.74 Å². The second kappa shape index (κ2) is 2.93. The molecule has 0 unspecified atom stereocenters. The van der Waals surface area contributed by atoms with Crippen LogP contribution < -0.4 is 0 Å². The Morgan fingerprint density at radius 3 is 2.62 bits per heavy atom. The van der Waals surface area contributed by atoms with E-state index in [4.69, 9.17) is 4.74 Å². The van der Waals surface area contributed by atoms with Gasteiger partial charge in [-0.15, -0.1) is 0 Å². The Bertz CT molecular complexity index is 343. The second-order valence-corrected chi connectivity index (χ2v) is 6.95. The van der Waals surface area contributed by atoms with Crippen LogP contribution in [0.25, 0.3) is 0 Å². The van der Waals surface area contributed by atoms with E-state index in [0.29, 0.717) is 11.3 Å². The molecule has 16 heavy (non-hydrogen) atoms. The molecule has 5 atom stereocenters. The fourth-order valence-electron chi connectivity index (χ4n) is 5.14. The Morgan fingerprint density at radius 1 is 1.31 bits per heavy atom. The molecule has 0 aromatic rings. The number of hydrogen-bond donors (Lipinski definition) is 0. The lowest BCUT2D eigenvalue weighted by Crippen LogP contribution is -2.46. The number of rotatable bonds is 1. The Morgan fingerprint density at radius 2 is 2.00 bits per heavy atom. The van der Waals surface area contributed by atoms with Crippen LogP contribution in [0.15, 0.2) is 12.2 Å². The van der Waals surface area contributed by atoms with Crippen molar-refractivity contribution in [1.82, 2.24) is 0 Å². The lowest BCUT2D eigenvalue weighted by atomic mass is 9.67. The molecule has 0 saturated heterocycles. The molecule has 0 bridgehead atoms. The SMILES string of the molecule is C=C1[C@@H]2[C@@H](C2(C)C)[C@]2(OC)C[C@H](C)CC[C@@H]12. The van der Waals surface area contributed by atoms with Crippen LogP contribution in [0.4, 0.5) is 0 Å². The molecule has 3 rings (SSSR count). The van der Waals surface area contributed by atoms with Crippen molar-refractivity contribution in [2.75, 3.05) is 7.11 Å². The smallest absolute Gasteiger partial charge is 0.0785 e. The van der Waals surface area contributed by atoms with E-state index in [1.807, 2.05) is 7.11 Å². The van der Waals surface area contributed by atoms with Crippen LogP contribution in [-0.2, 0) is 4.74 Å². The molecule has 0 radical (unpaired) electrons. The maximum atomic E-state index is 6.07. The first-order valence-electron chi connectivity index (χ1n) is 6.69. The van der Waals surface area contributed by atoms with E-state index in [9.17, 15) is 0 Å². The third-order valence-electron chi connectivity index (χ3n) is 5.79. The molecule has 0 aromatic carbocycles. The van der Waals surface area contributed by atoms with Crippen LogP contribution in [0.1, 0.15) is 40.0 Å². The Balaban J connectivity index is 2.00. The molecule has 3 saturated carbocycles. The normalized spacial score (nSPS) is 53.4. The molecule has 90 valence electrons. The molecule has 3 aliphatic rings. The van der Waals surface area contributed by atoms with Crippen molar-refractivity contribution < 1.29 is 4.74 Å². The van der Waals surface area contributed by atoms with Gasteiger partial charge in [-0.1, -0.05) is 32.9 Å². The van der Waals surface area contributed by atoms with Gasteiger partial charge in [0.05, 0.1) is 5.60 Å². The van der Waals surface area contributed by atoms with Gasteiger partial charge in [0.15, 0.2) is 0 Å². The molecule has 0 spiro atoms. The molecular weight excluding hydrogens is 196 g/mol. The molecule has 0 N–H and O–H groups in total. The summed E-state index contributed by atoms with van der Waals surface area (Å²) >= 11 is 0. The maximum Gasteiger partial charge on any atom is 0.0785 e. The highest BCUT2D eigenvalue weighted by atomic mass is 16.5. The first kappa shape index (κ1) is 10.8. The van der Waals surface area contributed by atoms with Gasteiger partial charge in [0.25, 0.3) is 0 Å². The van der Waals surface area contributed by atoms with Gasteiger partial charge >= 0.3 is 0 Å². The highest BCUT2D eigenvalue weighted by Gasteiger charge is 2.76. The summed E-state index contributed by atoms with van der Waals surface area (Å²) in [7, 11) is 1.93. The topological polar surface area (TPSA) is 9.23 Å². The predicted molar refractivity (Wildman–Crippen MR) is 66.1 cm³/mol. The van der Waals surface area contributed by atoms with Crippen LogP contribution in [0.2, 0.25) is 0 Å². The van der Waals surface area contributed by atoms with Crippen molar-refractivity contribution in [2.24, 2.45) is 29.1 Å². The maximum absolute atomic E-state index is 6.07. The van der Waals surface area contributed by atoms with Crippen molar-refractivity contribution >= 4 is 0 Å². The molecule has 0 aliphatic heterocycles. The zero-order valence-electron chi connectivity index (χ0n) is 11.0. The van der Waals surface area contributed by atoms with Gasteiger partial charge in [-0.2, -0.15) is 0 Å². The van der Waals surface area contributed by atoms with Crippen molar-refractivity contribution in [3.05, 3.63) is 12.2 Å². The Labute approximate surface area is 99.3 Å². The highest BCUT2D eigenvalue weighted by Crippen LogP contribution is 2.77. The lowest BCUT2D eigenvalue weighted by Gasteiger charge is -2.45. The zero-order valence-corrected chi connectivity index (χ0v) is 11.0. The average molecular weight is 220 g/mol. The van der Waals surface area contributed by atoms with E-state index in [1.165, 1.54) is 24.8 Å². The largest absolute Gasteiger partial charge is 0.377 e. The van der Waals surface area contributed by atoms with E-state index in [0.717, 1.165) is 17.8 Å². The van der Waals surface area contributed by atoms with Crippen LogP contribution in [0.5, 0.6) is 0 Å². The number of fused-ring (bicyclic) bond motifs is 3. The Hall–Kier alpha value is -0.300. The minimum atomic E-state index is 0.142. The lowest BCUT2D eigenvalue weighted by molar-refractivity contribution is -0.0979. The fraction of sp³-hybridized carbons (Fsp3) is 0.867. The van der Waals surface area contributed by atoms with E-state index in [1.54, 1.807) is 0 Å². The molecule has 0 heterocycles. The zero-order chi connectivity index (χ0) is 11.7. The summed E-state index contributed by atoms with van der Waals surface area (Å²) < 4.78 is 6.07. The van der Waals surface area contributed by atoms with Gasteiger partial charge in [-0.3, -0.25) is 0 Å². The van der Waals surface area contributed by atoms with Gasteiger partial charge in [0.1, 0.15) is 0 Å². The third kappa shape index (κ3) is 1.01. The number of methoxy groups -OCH3 is 1. The standard InChI is InChI=1S/C15H24O/c1-9-6-7-11-10(2)12-13(14(12,3)4)15(11,8-9)16-5/h9,11-13H,2,6-8H2,1,3-5H3/t9-,11+,12-,13+,15+/m1/s1. The molecule has 1 heteroatoms. The van der Waals surface area contributed by atoms with E-state index >= 15 is 0 Å².